The molecule has 0 saturated carbocycles. The fourth-order valence-electron chi connectivity index (χ4n) is 6.21. The van der Waals surface area contributed by atoms with Crippen LogP contribution < -0.4 is 4.74 Å². The number of β-amino-alcohol motifs (C(OH)–C–C–N with tert-alkyl or cyclic N) is 1. The summed E-state index contributed by atoms with van der Waals surface area (Å²) in [6.45, 7) is 6.47. The molecule has 2 unspecified atom stereocenters. The second-order valence-electron chi connectivity index (χ2n) is 10.8. The highest BCUT2D eigenvalue weighted by Crippen LogP contribution is 2.49. The Kier molecular flexibility index (Phi) is 7.57. The maximum atomic E-state index is 13.4. The zero-order chi connectivity index (χ0) is 26.2. The van der Waals surface area contributed by atoms with Crippen molar-refractivity contribution in [3.05, 3.63) is 70.3 Å². The summed E-state index contributed by atoms with van der Waals surface area (Å²) < 4.78 is 32.7. The number of ether oxygens (including phenoxy) is 1. The molecular formula is C29H33ClF2N2O3. The van der Waals surface area contributed by atoms with Crippen LogP contribution >= 0.6 is 11.6 Å². The standard InChI is InChI=1S/C29H33ClF2N2O3/c1-19-16-33(11-8-29(19)18-37-27-14-22(30)3-4-25(27)29)17-26(35)21-6-9-34(10-7-21)28(36)5-2-20-12-23(31)15-24(32)13-20/h2-5,12-15,19,21,26,35H,6-11,16-18H2,1H3/b5-2+/t19?,26-,29?/m1/s1. The molecule has 1 N–H and O–H groups in total. The van der Waals surface area contributed by atoms with Gasteiger partial charge in [0.15, 0.2) is 0 Å². The van der Waals surface area contributed by atoms with E-state index < -0.39 is 17.7 Å². The van der Waals surface area contributed by atoms with E-state index in [4.69, 9.17) is 16.3 Å². The molecule has 3 aliphatic heterocycles. The highest BCUT2D eigenvalue weighted by atomic mass is 35.5. The Hall–Kier alpha value is -2.48. The van der Waals surface area contributed by atoms with Crippen LogP contribution in [0.4, 0.5) is 8.78 Å². The van der Waals surface area contributed by atoms with Crippen LogP contribution in [0.1, 0.15) is 37.3 Å². The van der Waals surface area contributed by atoms with E-state index in [1.807, 2.05) is 12.1 Å². The molecule has 3 aliphatic rings. The molecule has 1 spiro atoms. The molecule has 0 radical (unpaired) electrons. The highest BCUT2D eigenvalue weighted by molar-refractivity contribution is 6.30. The predicted molar refractivity (Wildman–Crippen MR) is 140 cm³/mol. The zero-order valence-corrected chi connectivity index (χ0v) is 21.8. The van der Waals surface area contributed by atoms with Crippen LogP contribution in [0.2, 0.25) is 5.02 Å². The van der Waals surface area contributed by atoms with Gasteiger partial charge in [-0.2, -0.15) is 0 Å². The Morgan fingerprint density at radius 1 is 1.19 bits per heavy atom. The van der Waals surface area contributed by atoms with E-state index in [0.29, 0.717) is 42.7 Å². The lowest BCUT2D eigenvalue weighted by atomic mass is 9.68. The van der Waals surface area contributed by atoms with Crippen LogP contribution in [-0.4, -0.2) is 66.2 Å². The summed E-state index contributed by atoms with van der Waals surface area (Å²) in [4.78, 5) is 16.6. The SMILES string of the molecule is CC1CN(C[C@@H](O)C2CCN(C(=O)/C=C/c3cc(F)cc(F)c3)CC2)CCC12COc1cc(Cl)ccc12. The molecule has 37 heavy (non-hydrogen) atoms. The van der Waals surface area contributed by atoms with Crippen LogP contribution in [0.15, 0.2) is 42.5 Å². The van der Waals surface area contributed by atoms with Gasteiger partial charge in [0.2, 0.25) is 5.91 Å². The Morgan fingerprint density at radius 2 is 1.92 bits per heavy atom. The average molecular weight is 531 g/mol. The zero-order valence-electron chi connectivity index (χ0n) is 21.0. The van der Waals surface area contributed by atoms with E-state index in [2.05, 4.69) is 17.9 Å². The lowest BCUT2D eigenvalue weighted by Gasteiger charge is -2.45. The van der Waals surface area contributed by atoms with Gasteiger partial charge in [-0.15, -0.1) is 0 Å². The lowest BCUT2D eigenvalue weighted by Crippen LogP contribution is -2.52. The number of halogens is 3. The van der Waals surface area contributed by atoms with E-state index in [1.54, 1.807) is 4.90 Å². The number of hydrogen-bond donors (Lipinski definition) is 1. The molecule has 0 aliphatic carbocycles. The Bertz CT molecular complexity index is 1160. The molecule has 2 aromatic rings. The molecule has 3 atom stereocenters. The molecule has 2 fully saturated rings. The van der Waals surface area contributed by atoms with Crippen molar-refractivity contribution in [2.45, 2.75) is 37.7 Å². The molecule has 2 aromatic carbocycles. The summed E-state index contributed by atoms with van der Waals surface area (Å²) in [5.74, 6) is -0.124. The molecular weight excluding hydrogens is 498 g/mol. The fraction of sp³-hybridized carbons (Fsp3) is 0.483. The molecule has 1 amide bonds. The van der Waals surface area contributed by atoms with Crippen molar-refractivity contribution in [1.82, 2.24) is 9.80 Å². The van der Waals surface area contributed by atoms with Crippen molar-refractivity contribution in [1.29, 1.82) is 0 Å². The number of likely N-dealkylation sites (tertiary alicyclic amines) is 2. The van der Waals surface area contributed by atoms with E-state index in [1.165, 1.54) is 29.8 Å². The number of hydrogen-bond acceptors (Lipinski definition) is 4. The van der Waals surface area contributed by atoms with Gasteiger partial charge in [0.05, 0.1) is 12.7 Å². The van der Waals surface area contributed by atoms with Crippen molar-refractivity contribution in [2.24, 2.45) is 11.8 Å². The van der Waals surface area contributed by atoms with Crippen molar-refractivity contribution >= 4 is 23.6 Å². The Labute approximate surface area is 221 Å². The number of amides is 1. The third kappa shape index (κ3) is 5.54. The molecule has 198 valence electrons. The maximum Gasteiger partial charge on any atom is 0.246 e. The fourth-order valence-corrected chi connectivity index (χ4v) is 6.37. The van der Waals surface area contributed by atoms with Crippen molar-refractivity contribution in [3.8, 4) is 5.75 Å². The second-order valence-corrected chi connectivity index (χ2v) is 11.2. The third-order valence-electron chi connectivity index (χ3n) is 8.46. The number of carbonyl (C=O) groups is 1. The van der Waals surface area contributed by atoms with Crippen LogP contribution in [0, 0.1) is 23.5 Å². The number of carbonyl (C=O) groups excluding carboxylic acids is 1. The minimum absolute atomic E-state index is 0.00210. The second kappa shape index (κ2) is 10.7. The Morgan fingerprint density at radius 3 is 2.62 bits per heavy atom. The molecule has 5 rings (SSSR count). The van der Waals surface area contributed by atoms with Crippen molar-refractivity contribution in [2.75, 3.05) is 39.3 Å². The van der Waals surface area contributed by atoms with Crippen molar-refractivity contribution < 1.29 is 23.4 Å². The quantitative estimate of drug-likeness (QED) is 0.559. The van der Waals surface area contributed by atoms with Gasteiger partial charge < -0.3 is 19.6 Å². The number of nitrogens with zero attached hydrogens (tertiary/aromatic N) is 2. The summed E-state index contributed by atoms with van der Waals surface area (Å²) in [6.07, 6.45) is 4.77. The first-order valence-corrected chi connectivity index (χ1v) is 13.4. The molecule has 8 heteroatoms. The summed E-state index contributed by atoms with van der Waals surface area (Å²) in [7, 11) is 0. The largest absolute Gasteiger partial charge is 0.492 e. The topological polar surface area (TPSA) is 53.0 Å². The van der Waals surface area contributed by atoms with Gasteiger partial charge in [0.25, 0.3) is 0 Å². The van der Waals surface area contributed by atoms with Gasteiger partial charge in [-0.05, 0) is 73.5 Å². The molecule has 5 nitrogen and oxygen atoms in total. The molecule has 3 heterocycles. The monoisotopic (exact) mass is 530 g/mol. The minimum Gasteiger partial charge on any atom is -0.492 e. The first-order chi connectivity index (χ1) is 17.7. The summed E-state index contributed by atoms with van der Waals surface area (Å²) in [6, 6.07) is 9.12. The number of fused-ring (bicyclic) bond motifs is 2. The summed E-state index contributed by atoms with van der Waals surface area (Å²) in [5, 5.41) is 11.7. The summed E-state index contributed by atoms with van der Waals surface area (Å²) in [5.41, 5.74) is 1.56. The number of piperidine rings is 2. The van der Waals surface area contributed by atoms with Gasteiger partial charge in [0, 0.05) is 54.3 Å². The predicted octanol–water partition coefficient (Wildman–Crippen LogP) is 4.90. The van der Waals surface area contributed by atoms with E-state index in [0.717, 1.165) is 44.2 Å². The van der Waals surface area contributed by atoms with Crippen LogP contribution in [0.25, 0.3) is 6.08 Å². The van der Waals surface area contributed by atoms with E-state index in [-0.39, 0.29) is 17.2 Å². The number of rotatable bonds is 5. The van der Waals surface area contributed by atoms with Crippen LogP contribution in [0.3, 0.4) is 0 Å². The van der Waals surface area contributed by atoms with Gasteiger partial charge in [-0.25, -0.2) is 8.78 Å². The summed E-state index contributed by atoms with van der Waals surface area (Å²) >= 11 is 6.15. The van der Waals surface area contributed by atoms with Crippen LogP contribution in [-0.2, 0) is 10.2 Å². The number of benzene rings is 2. The maximum absolute atomic E-state index is 13.4. The van der Waals surface area contributed by atoms with Crippen molar-refractivity contribution in [3.63, 3.8) is 0 Å². The first-order valence-electron chi connectivity index (χ1n) is 13.0. The third-order valence-corrected chi connectivity index (χ3v) is 8.69. The van der Waals surface area contributed by atoms with E-state index in [9.17, 15) is 18.7 Å². The first kappa shape index (κ1) is 26.1. The smallest absolute Gasteiger partial charge is 0.246 e. The van der Waals surface area contributed by atoms with E-state index >= 15 is 0 Å². The number of aliphatic hydroxyl groups excluding tert-OH is 1. The lowest BCUT2D eigenvalue weighted by molar-refractivity contribution is -0.128. The minimum atomic E-state index is -0.675. The van der Waals surface area contributed by atoms with Gasteiger partial charge in [0.1, 0.15) is 17.4 Å². The highest BCUT2D eigenvalue weighted by Gasteiger charge is 2.48. The molecule has 0 bridgehead atoms. The average Bonchev–Trinajstić information content (AvgIpc) is 3.23. The molecule has 0 aromatic heterocycles. The van der Waals surface area contributed by atoms with Gasteiger partial charge >= 0.3 is 0 Å². The van der Waals surface area contributed by atoms with Crippen LogP contribution in [0.5, 0.6) is 5.75 Å². The number of aliphatic hydroxyl groups is 1. The normalized spacial score (nSPS) is 25.4. The van der Waals surface area contributed by atoms with Gasteiger partial charge in [-0.1, -0.05) is 24.6 Å². The Balaban J connectivity index is 1.11. The molecule has 2 saturated heterocycles. The van der Waals surface area contributed by atoms with Gasteiger partial charge in [-0.3, -0.25) is 4.79 Å².